The van der Waals surface area contributed by atoms with Gasteiger partial charge in [0.25, 0.3) is 17.7 Å². The summed E-state index contributed by atoms with van der Waals surface area (Å²) < 4.78 is 0. The predicted molar refractivity (Wildman–Crippen MR) is 124 cm³/mol. The first-order chi connectivity index (χ1) is 15.5. The molecule has 1 aliphatic rings. The van der Waals surface area contributed by atoms with Crippen LogP contribution in [0.5, 0.6) is 0 Å². The number of nitrogens with zero attached hydrogens (tertiary/aromatic N) is 2. The van der Waals surface area contributed by atoms with E-state index in [0.29, 0.717) is 28.1 Å². The molecule has 0 bridgehead atoms. The maximum atomic E-state index is 12.6. The van der Waals surface area contributed by atoms with Crippen molar-refractivity contribution in [3.8, 4) is 11.3 Å². The second-order valence-corrected chi connectivity index (χ2v) is 8.38. The highest BCUT2D eigenvalue weighted by Crippen LogP contribution is 2.28. The number of benzene rings is 3. The Hall–Kier alpha value is -4.10. The standard InChI is InChI=1S/C25H17N3O3S/c1-15-26-22(14-32-15)16-6-10-18(11-7-16)27-23(29)17-8-12-19(13-9-17)28-24(30)20-4-2-3-5-21(20)25(28)31/h2-14H,1H3,(H,27,29). The first-order valence-electron chi connectivity index (χ1n) is 9.93. The second kappa shape index (κ2) is 7.86. The summed E-state index contributed by atoms with van der Waals surface area (Å²) in [5.41, 5.74) is 4.17. The van der Waals surface area contributed by atoms with Crippen LogP contribution in [0.2, 0.25) is 0 Å². The van der Waals surface area contributed by atoms with Crippen molar-refractivity contribution in [3.05, 3.63) is 99.9 Å². The maximum Gasteiger partial charge on any atom is 0.266 e. The summed E-state index contributed by atoms with van der Waals surface area (Å²) in [5.74, 6) is -1.01. The van der Waals surface area contributed by atoms with Crippen molar-refractivity contribution < 1.29 is 14.4 Å². The monoisotopic (exact) mass is 439 g/mol. The molecule has 0 unspecified atom stereocenters. The molecule has 156 valence electrons. The number of fused-ring (bicyclic) bond motifs is 1. The molecular weight excluding hydrogens is 422 g/mol. The minimum atomic E-state index is -0.363. The van der Waals surface area contributed by atoms with Crippen LogP contribution in [-0.4, -0.2) is 22.7 Å². The molecule has 3 amide bonds. The zero-order chi connectivity index (χ0) is 22.2. The molecule has 1 N–H and O–H groups in total. The number of carbonyl (C=O) groups excluding carboxylic acids is 3. The summed E-state index contributed by atoms with van der Waals surface area (Å²) in [6.07, 6.45) is 0. The van der Waals surface area contributed by atoms with E-state index in [1.54, 1.807) is 59.9 Å². The number of hydrogen-bond acceptors (Lipinski definition) is 5. The highest BCUT2D eigenvalue weighted by molar-refractivity contribution is 7.09. The van der Waals surface area contributed by atoms with Crippen molar-refractivity contribution in [2.24, 2.45) is 0 Å². The molecular formula is C25H17N3O3S. The molecule has 4 aromatic rings. The largest absolute Gasteiger partial charge is 0.322 e. The van der Waals surface area contributed by atoms with Crippen LogP contribution in [0.4, 0.5) is 11.4 Å². The highest BCUT2D eigenvalue weighted by atomic mass is 32.1. The molecule has 3 aromatic carbocycles. The van der Waals surface area contributed by atoms with E-state index in [2.05, 4.69) is 10.3 Å². The fourth-order valence-electron chi connectivity index (χ4n) is 3.61. The molecule has 0 saturated heterocycles. The zero-order valence-corrected chi connectivity index (χ0v) is 17.8. The van der Waals surface area contributed by atoms with Gasteiger partial charge in [0.15, 0.2) is 0 Å². The Kier molecular flexibility index (Phi) is 4.88. The van der Waals surface area contributed by atoms with Gasteiger partial charge in [-0.1, -0.05) is 24.3 Å². The first kappa shape index (κ1) is 19.8. The van der Waals surface area contributed by atoms with Gasteiger partial charge in [0.1, 0.15) is 0 Å². The Morgan fingerprint density at radius 2 is 1.50 bits per heavy atom. The van der Waals surface area contributed by atoms with Gasteiger partial charge in [0, 0.05) is 22.2 Å². The van der Waals surface area contributed by atoms with Gasteiger partial charge in [-0.15, -0.1) is 11.3 Å². The van der Waals surface area contributed by atoms with Gasteiger partial charge in [0.2, 0.25) is 0 Å². The van der Waals surface area contributed by atoms with Crippen molar-refractivity contribution in [1.82, 2.24) is 4.98 Å². The zero-order valence-electron chi connectivity index (χ0n) is 17.0. The second-order valence-electron chi connectivity index (χ2n) is 7.32. The van der Waals surface area contributed by atoms with Crippen LogP contribution in [0.15, 0.2) is 78.2 Å². The topological polar surface area (TPSA) is 79.4 Å². The van der Waals surface area contributed by atoms with Crippen molar-refractivity contribution in [3.63, 3.8) is 0 Å². The third kappa shape index (κ3) is 3.48. The molecule has 2 heterocycles. The SMILES string of the molecule is Cc1nc(-c2ccc(NC(=O)c3ccc(N4C(=O)c5ccccc5C4=O)cc3)cc2)cs1. The van der Waals surface area contributed by atoms with Crippen molar-refractivity contribution in [1.29, 1.82) is 0 Å². The van der Waals surface area contributed by atoms with Gasteiger partial charge in [-0.05, 0) is 55.5 Å². The lowest BCUT2D eigenvalue weighted by Gasteiger charge is -2.14. The van der Waals surface area contributed by atoms with Crippen LogP contribution in [-0.2, 0) is 0 Å². The summed E-state index contributed by atoms with van der Waals surface area (Å²) in [4.78, 5) is 43.5. The predicted octanol–water partition coefficient (Wildman–Crippen LogP) is 5.17. The van der Waals surface area contributed by atoms with Gasteiger partial charge < -0.3 is 5.32 Å². The van der Waals surface area contributed by atoms with E-state index < -0.39 is 0 Å². The number of rotatable bonds is 4. The fourth-order valence-corrected chi connectivity index (χ4v) is 4.23. The van der Waals surface area contributed by atoms with E-state index in [-0.39, 0.29) is 17.7 Å². The van der Waals surface area contributed by atoms with Crippen molar-refractivity contribution >= 4 is 40.4 Å². The lowest BCUT2D eigenvalue weighted by molar-refractivity contribution is 0.0925. The number of aryl methyl sites for hydroxylation is 1. The number of thiazole rings is 1. The van der Waals surface area contributed by atoms with Crippen LogP contribution in [0, 0.1) is 6.92 Å². The van der Waals surface area contributed by atoms with Crippen LogP contribution in [0.1, 0.15) is 36.1 Å². The molecule has 0 atom stereocenters. The minimum absolute atomic E-state index is 0.281. The molecule has 5 rings (SSSR count). The van der Waals surface area contributed by atoms with Gasteiger partial charge in [-0.2, -0.15) is 0 Å². The number of anilines is 2. The fraction of sp³-hybridized carbons (Fsp3) is 0.0400. The molecule has 0 spiro atoms. The number of hydrogen-bond donors (Lipinski definition) is 1. The Balaban J connectivity index is 1.30. The minimum Gasteiger partial charge on any atom is -0.322 e. The summed E-state index contributed by atoms with van der Waals surface area (Å²) in [6.45, 7) is 1.96. The lowest BCUT2D eigenvalue weighted by Crippen LogP contribution is -2.29. The number of amides is 3. The molecule has 0 aliphatic carbocycles. The Morgan fingerprint density at radius 1 is 0.875 bits per heavy atom. The van der Waals surface area contributed by atoms with E-state index >= 15 is 0 Å². The van der Waals surface area contributed by atoms with E-state index in [0.717, 1.165) is 21.2 Å². The van der Waals surface area contributed by atoms with E-state index in [9.17, 15) is 14.4 Å². The number of aromatic nitrogens is 1. The number of carbonyl (C=O) groups is 3. The third-order valence-corrected chi connectivity index (χ3v) is 6.01. The molecule has 0 radical (unpaired) electrons. The molecule has 6 nitrogen and oxygen atoms in total. The normalized spacial score (nSPS) is 12.7. The number of imide groups is 1. The van der Waals surface area contributed by atoms with E-state index in [1.807, 2.05) is 36.6 Å². The average molecular weight is 439 g/mol. The maximum absolute atomic E-state index is 12.6. The summed E-state index contributed by atoms with van der Waals surface area (Å²) in [5, 5.41) is 5.86. The average Bonchev–Trinajstić information content (AvgIpc) is 3.36. The summed E-state index contributed by atoms with van der Waals surface area (Å²) in [7, 11) is 0. The summed E-state index contributed by atoms with van der Waals surface area (Å²) in [6, 6.07) is 20.6. The molecule has 1 aliphatic heterocycles. The molecule has 7 heteroatoms. The Morgan fingerprint density at radius 3 is 2.06 bits per heavy atom. The number of nitrogens with one attached hydrogen (secondary N) is 1. The van der Waals surface area contributed by atoms with Crippen molar-refractivity contribution in [2.45, 2.75) is 6.92 Å². The van der Waals surface area contributed by atoms with E-state index in [1.165, 1.54) is 0 Å². The smallest absolute Gasteiger partial charge is 0.266 e. The lowest BCUT2D eigenvalue weighted by atomic mass is 10.1. The highest BCUT2D eigenvalue weighted by Gasteiger charge is 2.36. The van der Waals surface area contributed by atoms with Crippen LogP contribution in [0.25, 0.3) is 11.3 Å². The van der Waals surface area contributed by atoms with Gasteiger partial charge in [0.05, 0.1) is 27.5 Å². The Labute approximate surface area is 188 Å². The quantitative estimate of drug-likeness (QED) is 0.445. The summed E-state index contributed by atoms with van der Waals surface area (Å²) >= 11 is 1.59. The van der Waals surface area contributed by atoms with E-state index in [4.69, 9.17) is 0 Å². The van der Waals surface area contributed by atoms with Crippen LogP contribution >= 0.6 is 11.3 Å². The van der Waals surface area contributed by atoms with Crippen molar-refractivity contribution in [2.75, 3.05) is 10.2 Å². The third-order valence-electron chi connectivity index (χ3n) is 5.24. The molecule has 32 heavy (non-hydrogen) atoms. The Bertz CT molecular complexity index is 1320. The molecule has 0 fully saturated rings. The van der Waals surface area contributed by atoms with Crippen LogP contribution < -0.4 is 10.2 Å². The van der Waals surface area contributed by atoms with Gasteiger partial charge >= 0.3 is 0 Å². The van der Waals surface area contributed by atoms with Gasteiger partial charge in [-0.25, -0.2) is 9.88 Å². The van der Waals surface area contributed by atoms with Gasteiger partial charge in [-0.3, -0.25) is 14.4 Å². The van der Waals surface area contributed by atoms with Crippen LogP contribution in [0.3, 0.4) is 0 Å². The first-order valence-corrected chi connectivity index (χ1v) is 10.8. The molecule has 1 aromatic heterocycles. The molecule has 0 saturated carbocycles.